The van der Waals surface area contributed by atoms with Crippen molar-refractivity contribution in [3.05, 3.63) is 53.3 Å². The van der Waals surface area contributed by atoms with Gasteiger partial charge in [-0.2, -0.15) is 5.10 Å². The van der Waals surface area contributed by atoms with Crippen molar-refractivity contribution in [2.45, 2.75) is 19.4 Å². The summed E-state index contributed by atoms with van der Waals surface area (Å²) >= 11 is 0. The van der Waals surface area contributed by atoms with Gasteiger partial charge in [0.15, 0.2) is 0 Å². The molecule has 120 valence electrons. The largest absolute Gasteiger partial charge is 0.330 e. The van der Waals surface area contributed by atoms with Crippen LogP contribution in [0.2, 0.25) is 0 Å². The second kappa shape index (κ2) is 7.27. The lowest BCUT2D eigenvalue weighted by molar-refractivity contribution is 0.316. The minimum absolute atomic E-state index is 0. The Balaban J connectivity index is 0.00000176. The normalized spacial score (nSPS) is 21.8. The van der Waals surface area contributed by atoms with Crippen LogP contribution in [0.1, 0.15) is 22.7 Å². The first kappa shape index (κ1) is 17.0. The number of nitrogens with two attached hydrogens (primary N) is 1. The van der Waals surface area contributed by atoms with Gasteiger partial charge in [-0.05, 0) is 24.9 Å². The Kier molecular flexibility index (Phi) is 5.62. The number of aryl methyl sites for hydroxylation is 2. The number of benzene rings is 1. The molecule has 3 rings (SSSR count). The van der Waals surface area contributed by atoms with Crippen LogP contribution in [0.25, 0.3) is 0 Å². The standard InChI is InChI=1S/C17H24N4.ClH/c1-13-16(9-20(2)19-13)11-21-10-15(8-18)17(12-21)14-6-4-3-5-7-14;/h3-7,9,15,17H,8,10-12,18H2,1-2H3;1H/t15-,17+;/m1./s1. The van der Waals surface area contributed by atoms with E-state index in [1.54, 1.807) is 0 Å². The number of hydrogen-bond acceptors (Lipinski definition) is 3. The van der Waals surface area contributed by atoms with Crippen molar-refractivity contribution in [2.24, 2.45) is 18.7 Å². The predicted octanol–water partition coefficient (Wildman–Crippen LogP) is 2.32. The first-order valence-electron chi connectivity index (χ1n) is 7.64. The summed E-state index contributed by atoms with van der Waals surface area (Å²) in [4.78, 5) is 2.51. The molecule has 2 atom stereocenters. The average Bonchev–Trinajstić information content (AvgIpc) is 3.03. The molecule has 0 unspecified atom stereocenters. The molecule has 22 heavy (non-hydrogen) atoms. The fourth-order valence-corrected chi connectivity index (χ4v) is 3.45. The van der Waals surface area contributed by atoms with Crippen LogP contribution in [0.15, 0.2) is 36.5 Å². The quantitative estimate of drug-likeness (QED) is 0.940. The Bertz CT molecular complexity index is 596. The van der Waals surface area contributed by atoms with Gasteiger partial charge in [0.2, 0.25) is 0 Å². The third-order valence-electron chi connectivity index (χ3n) is 4.56. The van der Waals surface area contributed by atoms with E-state index in [2.05, 4.69) is 53.5 Å². The fourth-order valence-electron chi connectivity index (χ4n) is 3.45. The van der Waals surface area contributed by atoms with Gasteiger partial charge < -0.3 is 5.73 Å². The van der Waals surface area contributed by atoms with Crippen LogP contribution in [0, 0.1) is 12.8 Å². The van der Waals surface area contributed by atoms with Crippen molar-refractivity contribution in [1.82, 2.24) is 14.7 Å². The van der Waals surface area contributed by atoms with Gasteiger partial charge in [0, 0.05) is 44.4 Å². The Morgan fingerprint density at radius 3 is 2.55 bits per heavy atom. The van der Waals surface area contributed by atoms with Crippen molar-refractivity contribution < 1.29 is 0 Å². The van der Waals surface area contributed by atoms with Crippen LogP contribution in [-0.4, -0.2) is 34.3 Å². The van der Waals surface area contributed by atoms with Crippen LogP contribution in [0.5, 0.6) is 0 Å². The van der Waals surface area contributed by atoms with Gasteiger partial charge in [-0.15, -0.1) is 12.4 Å². The second-order valence-corrected chi connectivity index (χ2v) is 6.12. The zero-order valence-electron chi connectivity index (χ0n) is 13.3. The highest BCUT2D eigenvalue weighted by atomic mass is 35.5. The molecule has 2 N–H and O–H groups in total. The summed E-state index contributed by atoms with van der Waals surface area (Å²) in [5, 5.41) is 4.43. The maximum Gasteiger partial charge on any atom is 0.0638 e. The molecule has 5 heteroatoms. The van der Waals surface area contributed by atoms with Gasteiger partial charge in [0.25, 0.3) is 0 Å². The zero-order chi connectivity index (χ0) is 14.8. The van der Waals surface area contributed by atoms with Crippen molar-refractivity contribution in [1.29, 1.82) is 0 Å². The minimum atomic E-state index is 0. The molecule has 0 bridgehead atoms. The molecule has 2 aromatic rings. The molecule has 1 aromatic carbocycles. The molecule has 1 aromatic heterocycles. The van der Waals surface area contributed by atoms with Gasteiger partial charge >= 0.3 is 0 Å². The van der Waals surface area contributed by atoms with E-state index in [0.29, 0.717) is 11.8 Å². The van der Waals surface area contributed by atoms with E-state index >= 15 is 0 Å². The molecule has 1 saturated heterocycles. The van der Waals surface area contributed by atoms with Gasteiger partial charge in [-0.3, -0.25) is 9.58 Å². The maximum absolute atomic E-state index is 6.01. The monoisotopic (exact) mass is 320 g/mol. The van der Waals surface area contributed by atoms with Crippen molar-refractivity contribution in [3.63, 3.8) is 0 Å². The number of likely N-dealkylation sites (tertiary alicyclic amines) is 1. The maximum atomic E-state index is 6.01. The number of nitrogens with zero attached hydrogens (tertiary/aromatic N) is 3. The molecule has 1 fully saturated rings. The minimum Gasteiger partial charge on any atom is -0.330 e. The molecule has 1 aliphatic rings. The molecule has 1 aliphatic heterocycles. The highest BCUT2D eigenvalue weighted by Gasteiger charge is 2.32. The summed E-state index contributed by atoms with van der Waals surface area (Å²) in [6.07, 6.45) is 2.13. The zero-order valence-corrected chi connectivity index (χ0v) is 14.1. The smallest absolute Gasteiger partial charge is 0.0638 e. The van der Waals surface area contributed by atoms with E-state index in [9.17, 15) is 0 Å². The van der Waals surface area contributed by atoms with Gasteiger partial charge in [-0.1, -0.05) is 30.3 Å². The lowest BCUT2D eigenvalue weighted by atomic mass is 9.89. The van der Waals surface area contributed by atoms with Crippen LogP contribution in [-0.2, 0) is 13.6 Å². The topological polar surface area (TPSA) is 47.1 Å². The van der Waals surface area contributed by atoms with E-state index in [4.69, 9.17) is 5.73 Å². The summed E-state index contributed by atoms with van der Waals surface area (Å²) in [7, 11) is 1.98. The average molecular weight is 321 g/mol. The second-order valence-electron chi connectivity index (χ2n) is 6.12. The van der Waals surface area contributed by atoms with E-state index in [-0.39, 0.29) is 12.4 Å². The SMILES string of the molecule is Cc1nn(C)cc1CN1C[C@@H](CN)[C@H](c2ccccc2)C1.Cl. The molecule has 0 radical (unpaired) electrons. The van der Waals surface area contributed by atoms with Gasteiger partial charge in [-0.25, -0.2) is 0 Å². The Morgan fingerprint density at radius 2 is 1.95 bits per heavy atom. The van der Waals surface area contributed by atoms with E-state index in [1.165, 1.54) is 11.1 Å². The van der Waals surface area contributed by atoms with E-state index in [0.717, 1.165) is 31.9 Å². The van der Waals surface area contributed by atoms with Crippen molar-refractivity contribution in [3.8, 4) is 0 Å². The van der Waals surface area contributed by atoms with Crippen LogP contribution in [0.3, 0.4) is 0 Å². The lowest BCUT2D eigenvalue weighted by Gasteiger charge is -2.16. The third kappa shape index (κ3) is 3.51. The summed E-state index contributed by atoms with van der Waals surface area (Å²) < 4.78 is 1.90. The van der Waals surface area contributed by atoms with Crippen LogP contribution < -0.4 is 5.73 Å². The van der Waals surface area contributed by atoms with Crippen LogP contribution in [0.4, 0.5) is 0 Å². The van der Waals surface area contributed by atoms with Crippen molar-refractivity contribution in [2.75, 3.05) is 19.6 Å². The first-order chi connectivity index (χ1) is 10.2. The molecule has 2 heterocycles. The highest BCUT2D eigenvalue weighted by molar-refractivity contribution is 5.85. The number of halogens is 1. The summed E-state index contributed by atoms with van der Waals surface area (Å²) in [5.74, 6) is 1.09. The number of rotatable bonds is 4. The van der Waals surface area contributed by atoms with Gasteiger partial charge in [0.1, 0.15) is 0 Å². The predicted molar refractivity (Wildman–Crippen MR) is 92.2 cm³/mol. The summed E-state index contributed by atoms with van der Waals surface area (Å²) in [5.41, 5.74) is 9.87. The Labute approximate surface area is 138 Å². The lowest BCUT2D eigenvalue weighted by Crippen LogP contribution is -2.23. The number of hydrogen-bond donors (Lipinski definition) is 1. The highest BCUT2D eigenvalue weighted by Crippen LogP contribution is 2.32. The Morgan fingerprint density at radius 1 is 1.23 bits per heavy atom. The molecular weight excluding hydrogens is 296 g/mol. The van der Waals surface area contributed by atoms with Gasteiger partial charge in [0.05, 0.1) is 5.69 Å². The third-order valence-corrected chi connectivity index (χ3v) is 4.56. The van der Waals surface area contributed by atoms with E-state index in [1.807, 2.05) is 11.7 Å². The molecular formula is C17H25ClN4. The molecule has 0 aliphatic carbocycles. The van der Waals surface area contributed by atoms with Crippen LogP contribution >= 0.6 is 12.4 Å². The molecule has 4 nitrogen and oxygen atoms in total. The number of aromatic nitrogens is 2. The van der Waals surface area contributed by atoms with Crippen molar-refractivity contribution >= 4 is 12.4 Å². The van der Waals surface area contributed by atoms with E-state index < -0.39 is 0 Å². The summed E-state index contributed by atoms with van der Waals surface area (Å²) in [6.45, 7) is 5.96. The molecule has 0 amide bonds. The first-order valence-corrected chi connectivity index (χ1v) is 7.64. The molecule has 0 saturated carbocycles. The molecule has 0 spiro atoms. The summed E-state index contributed by atoms with van der Waals surface area (Å²) in [6, 6.07) is 10.8. The Hall–Kier alpha value is -1.36. The fraction of sp³-hybridized carbons (Fsp3) is 0.471.